The van der Waals surface area contributed by atoms with E-state index in [1.54, 1.807) is 18.2 Å². The molecular formula is C17H10N8O6-2. The SMILES string of the molecule is O=C1C(=O)c2ccccc2C=C1Cc1c([N+](=O)[O-])cccc1[N+](=O)[O-].[N-]=[N+]=[N-].[N-]=[N+]=[N-]. The maximum atomic E-state index is 12.3. The highest BCUT2D eigenvalue weighted by Crippen LogP contribution is 2.32. The van der Waals surface area contributed by atoms with Crippen LogP contribution in [0.3, 0.4) is 0 Å². The molecule has 0 spiro atoms. The number of hydrogen-bond acceptors (Lipinski definition) is 6. The summed E-state index contributed by atoms with van der Waals surface area (Å²) in [7, 11) is 0. The molecule has 156 valence electrons. The molecule has 31 heavy (non-hydrogen) atoms. The number of nitrogens with zero attached hydrogens (tertiary/aromatic N) is 8. The van der Waals surface area contributed by atoms with Crippen LogP contribution in [0.5, 0.6) is 0 Å². The third-order valence-electron chi connectivity index (χ3n) is 3.92. The minimum absolute atomic E-state index is 0.0129. The molecule has 2 aromatic carbocycles. The Morgan fingerprint density at radius 3 is 1.74 bits per heavy atom. The number of nitro groups is 2. The van der Waals surface area contributed by atoms with Gasteiger partial charge in [-0.3, -0.25) is 39.6 Å². The Bertz CT molecular complexity index is 1120. The van der Waals surface area contributed by atoms with Crippen LogP contribution in [0.25, 0.3) is 38.0 Å². The normalized spacial score (nSPS) is 11.2. The van der Waals surface area contributed by atoms with Gasteiger partial charge in [0.15, 0.2) is 0 Å². The molecule has 0 aromatic heterocycles. The van der Waals surface area contributed by atoms with Crippen LogP contribution < -0.4 is 0 Å². The molecule has 1 aliphatic rings. The molecule has 3 rings (SSSR count). The maximum Gasteiger partial charge on any atom is 0.279 e. The fourth-order valence-corrected chi connectivity index (χ4v) is 2.76. The van der Waals surface area contributed by atoms with Gasteiger partial charge in [-0.1, -0.05) is 24.3 Å². The van der Waals surface area contributed by atoms with E-state index >= 15 is 0 Å². The quantitative estimate of drug-likeness (QED) is 0.170. The van der Waals surface area contributed by atoms with E-state index < -0.39 is 32.8 Å². The number of allylic oxidation sites excluding steroid dienone is 1. The Labute approximate surface area is 172 Å². The molecular weight excluding hydrogens is 412 g/mol. The number of ketones is 2. The maximum absolute atomic E-state index is 12.3. The lowest BCUT2D eigenvalue weighted by Gasteiger charge is -2.14. The average molecular weight is 422 g/mol. The van der Waals surface area contributed by atoms with E-state index in [4.69, 9.17) is 22.1 Å². The number of carbonyl (C=O) groups is 2. The zero-order valence-electron chi connectivity index (χ0n) is 15.4. The van der Waals surface area contributed by atoms with Gasteiger partial charge in [0.05, 0.1) is 9.85 Å². The highest BCUT2D eigenvalue weighted by molar-refractivity contribution is 6.51. The van der Waals surface area contributed by atoms with Gasteiger partial charge >= 0.3 is 0 Å². The van der Waals surface area contributed by atoms with Crippen LogP contribution in [0.1, 0.15) is 21.5 Å². The Morgan fingerprint density at radius 2 is 1.26 bits per heavy atom. The molecule has 0 saturated carbocycles. The van der Waals surface area contributed by atoms with Gasteiger partial charge in [0, 0.05) is 29.7 Å². The number of fused-ring (bicyclic) bond motifs is 1. The molecule has 1 aliphatic carbocycles. The highest BCUT2D eigenvalue weighted by Gasteiger charge is 2.32. The summed E-state index contributed by atoms with van der Waals surface area (Å²) in [6.45, 7) is 0. The molecule has 0 amide bonds. The van der Waals surface area contributed by atoms with Crippen molar-refractivity contribution in [3.05, 3.63) is 117 Å². The summed E-state index contributed by atoms with van der Waals surface area (Å²) in [5, 5.41) is 22.4. The van der Waals surface area contributed by atoms with Gasteiger partial charge in [-0.25, -0.2) is 0 Å². The van der Waals surface area contributed by atoms with Gasteiger partial charge in [0.2, 0.25) is 11.6 Å². The Hall–Kier alpha value is -5.06. The van der Waals surface area contributed by atoms with E-state index in [0.717, 1.165) is 12.1 Å². The smallest absolute Gasteiger partial charge is 0.279 e. The third-order valence-corrected chi connectivity index (χ3v) is 3.92. The van der Waals surface area contributed by atoms with E-state index in [2.05, 4.69) is 0 Å². The summed E-state index contributed by atoms with van der Waals surface area (Å²) in [5.74, 6) is -1.54. The fourth-order valence-electron chi connectivity index (χ4n) is 2.76. The highest BCUT2D eigenvalue weighted by atomic mass is 16.6. The Balaban J connectivity index is 0.000000720. The van der Waals surface area contributed by atoms with E-state index in [9.17, 15) is 29.8 Å². The van der Waals surface area contributed by atoms with Crippen LogP contribution >= 0.6 is 0 Å². The molecule has 0 atom stereocenters. The summed E-state index contributed by atoms with van der Waals surface area (Å²) in [4.78, 5) is 48.4. The molecule has 14 nitrogen and oxygen atoms in total. The summed E-state index contributed by atoms with van der Waals surface area (Å²) in [6, 6.07) is 9.91. The molecule has 2 aromatic rings. The van der Waals surface area contributed by atoms with Crippen LogP contribution in [-0.2, 0) is 11.2 Å². The van der Waals surface area contributed by atoms with Crippen LogP contribution in [0, 0.1) is 20.2 Å². The second-order valence-electron chi connectivity index (χ2n) is 5.56. The first kappa shape index (κ1) is 24.0. The molecule has 0 N–H and O–H groups in total. The lowest BCUT2D eigenvalue weighted by Crippen LogP contribution is -2.22. The zero-order chi connectivity index (χ0) is 23.6. The molecule has 0 bridgehead atoms. The van der Waals surface area contributed by atoms with Gasteiger partial charge in [-0.15, -0.1) is 0 Å². The van der Waals surface area contributed by atoms with Crippen molar-refractivity contribution in [2.24, 2.45) is 0 Å². The van der Waals surface area contributed by atoms with E-state index in [1.807, 2.05) is 0 Å². The van der Waals surface area contributed by atoms with Crippen LogP contribution in [0.2, 0.25) is 0 Å². The van der Waals surface area contributed by atoms with Gasteiger partial charge in [0.1, 0.15) is 5.56 Å². The summed E-state index contributed by atoms with van der Waals surface area (Å²) >= 11 is 0. The summed E-state index contributed by atoms with van der Waals surface area (Å²) < 4.78 is 0. The van der Waals surface area contributed by atoms with Gasteiger partial charge in [-0.2, -0.15) is 0 Å². The number of Topliss-reactive ketones (excluding diaryl/α,β-unsaturated/α-hetero) is 2. The Morgan fingerprint density at radius 1 is 0.774 bits per heavy atom. The lowest BCUT2D eigenvalue weighted by molar-refractivity contribution is -0.395. The van der Waals surface area contributed by atoms with E-state index in [0.29, 0.717) is 5.56 Å². The Kier molecular flexibility index (Phi) is 8.56. The van der Waals surface area contributed by atoms with E-state index in [1.165, 1.54) is 28.0 Å². The van der Waals surface area contributed by atoms with Crippen molar-refractivity contribution in [3.63, 3.8) is 0 Å². The average Bonchev–Trinajstić information content (AvgIpc) is 2.73. The predicted octanol–water partition coefficient (Wildman–Crippen LogP) is 4.63. The second kappa shape index (κ2) is 11.1. The van der Waals surface area contributed by atoms with Crippen molar-refractivity contribution in [2.75, 3.05) is 0 Å². The number of carbonyl (C=O) groups excluding carboxylic acids is 2. The predicted molar refractivity (Wildman–Crippen MR) is 107 cm³/mol. The van der Waals surface area contributed by atoms with Crippen LogP contribution in [-0.4, -0.2) is 21.4 Å². The van der Waals surface area contributed by atoms with Crippen molar-refractivity contribution in [2.45, 2.75) is 6.42 Å². The molecule has 0 aliphatic heterocycles. The van der Waals surface area contributed by atoms with Gasteiger partial charge in [-0.05, 0) is 17.7 Å². The minimum Gasteiger partial charge on any atom is -0.373 e. The zero-order valence-corrected chi connectivity index (χ0v) is 15.4. The van der Waals surface area contributed by atoms with Crippen LogP contribution in [0.15, 0.2) is 48.0 Å². The number of nitro benzene ring substituents is 2. The van der Waals surface area contributed by atoms with E-state index in [-0.39, 0.29) is 23.1 Å². The van der Waals surface area contributed by atoms with Gasteiger partial charge < -0.3 is 22.1 Å². The van der Waals surface area contributed by atoms with Crippen LogP contribution in [0.4, 0.5) is 11.4 Å². The van der Waals surface area contributed by atoms with Crippen molar-refractivity contribution >= 4 is 29.0 Å². The fraction of sp³-hybridized carbons (Fsp3) is 0.0588. The van der Waals surface area contributed by atoms with Crippen molar-refractivity contribution < 1.29 is 19.4 Å². The molecule has 0 unspecified atom stereocenters. The molecule has 0 saturated heterocycles. The molecule has 14 heteroatoms. The minimum atomic E-state index is -0.814. The third kappa shape index (κ3) is 5.71. The second-order valence-corrected chi connectivity index (χ2v) is 5.56. The first-order valence-corrected chi connectivity index (χ1v) is 7.99. The number of hydrogen-bond donors (Lipinski definition) is 0. The van der Waals surface area contributed by atoms with Crippen molar-refractivity contribution in [1.82, 2.24) is 0 Å². The summed E-state index contributed by atoms with van der Waals surface area (Å²) in [6.07, 6.45) is 1.08. The first-order valence-electron chi connectivity index (χ1n) is 7.99. The van der Waals surface area contributed by atoms with Crippen molar-refractivity contribution in [1.29, 1.82) is 0 Å². The molecule has 0 fully saturated rings. The largest absolute Gasteiger partial charge is 0.373 e. The summed E-state index contributed by atoms with van der Waals surface area (Å²) in [5.41, 5.74) is 26.6. The number of benzene rings is 2. The molecule has 0 radical (unpaired) electrons. The lowest BCUT2D eigenvalue weighted by atomic mass is 9.86. The van der Waals surface area contributed by atoms with Gasteiger partial charge in [0.25, 0.3) is 11.4 Å². The molecule has 0 heterocycles. The standard InChI is InChI=1S/C17H10N2O6.2N3/c20-16-11(8-10-4-1-2-5-12(10)17(16)21)9-13-14(18(22)23)6-3-7-15(13)19(24)25;2*1-3-2/h1-8H,9H2;;/q;2*-1. The van der Waals surface area contributed by atoms with Crippen molar-refractivity contribution in [3.8, 4) is 0 Å². The number of rotatable bonds is 4. The monoisotopic (exact) mass is 422 g/mol. The topological polar surface area (TPSA) is 238 Å². The first-order chi connectivity index (χ1) is 14.7.